The van der Waals surface area contributed by atoms with Gasteiger partial charge in [-0.25, -0.2) is 4.98 Å². The first kappa shape index (κ1) is 10.8. The first-order chi connectivity index (χ1) is 6.65. The molecule has 1 rings (SSSR count). The first-order valence-electron chi connectivity index (χ1n) is 4.14. The van der Waals surface area contributed by atoms with Crippen LogP contribution in [0.1, 0.15) is 6.42 Å². The van der Waals surface area contributed by atoms with Crippen molar-refractivity contribution in [2.24, 2.45) is 0 Å². The maximum atomic E-state index is 8.45. The average molecular weight is 255 g/mol. The summed E-state index contributed by atoms with van der Waals surface area (Å²) >= 11 is 3.37. The normalized spacial score (nSPS) is 9.50. The van der Waals surface area contributed by atoms with E-state index in [0.717, 1.165) is 10.3 Å². The lowest BCUT2D eigenvalue weighted by molar-refractivity contribution is 0.882. The van der Waals surface area contributed by atoms with Crippen LogP contribution < -0.4 is 10.6 Å². The fraction of sp³-hybridized carbons (Fsp3) is 0.333. The van der Waals surface area contributed by atoms with Gasteiger partial charge >= 0.3 is 0 Å². The van der Waals surface area contributed by atoms with E-state index in [1.165, 1.54) is 0 Å². The third kappa shape index (κ3) is 2.60. The molecule has 0 bridgehead atoms. The second kappa shape index (κ2) is 4.82. The van der Waals surface area contributed by atoms with E-state index < -0.39 is 0 Å². The van der Waals surface area contributed by atoms with Crippen molar-refractivity contribution in [2.45, 2.75) is 6.42 Å². The quantitative estimate of drug-likeness (QED) is 0.893. The van der Waals surface area contributed by atoms with Crippen LogP contribution in [0, 0.1) is 11.3 Å². The van der Waals surface area contributed by atoms with Gasteiger partial charge in [0.2, 0.25) is 0 Å². The van der Waals surface area contributed by atoms with E-state index in [4.69, 9.17) is 11.0 Å². The van der Waals surface area contributed by atoms with E-state index in [2.05, 4.69) is 27.0 Å². The Kier molecular flexibility index (Phi) is 3.72. The summed E-state index contributed by atoms with van der Waals surface area (Å²) in [5.41, 5.74) is 6.18. The van der Waals surface area contributed by atoms with Crippen LogP contribution in [0.3, 0.4) is 0 Å². The summed E-state index contributed by atoms with van der Waals surface area (Å²) in [7, 11) is 1.89. The van der Waals surface area contributed by atoms with E-state index in [9.17, 15) is 0 Å². The molecule has 5 heteroatoms. The molecule has 0 fully saturated rings. The molecule has 0 spiro atoms. The number of hydrogen-bond acceptors (Lipinski definition) is 4. The lowest BCUT2D eigenvalue weighted by Crippen LogP contribution is -2.19. The predicted molar refractivity (Wildman–Crippen MR) is 59.8 cm³/mol. The minimum atomic E-state index is 0.481. The van der Waals surface area contributed by atoms with Crippen LogP contribution >= 0.6 is 15.9 Å². The number of anilines is 2. The Bertz CT molecular complexity index is 358. The molecule has 1 heterocycles. The summed E-state index contributed by atoms with van der Waals surface area (Å²) in [6, 6.07) is 3.89. The van der Waals surface area contributed by atoms with Gasteiger partial charge in [0, 0.05) is 13.6 Å². The van der Waals surface area contributed by atoms with Gasteiger partial charge in [0.05, 0.1) is 28.8 Å². The van der Waals surface area contributed by atoms with Crippen molar-refractivity contribution in [1.29, 1.82) is 5.26 Å². The zero-order valence-electron chi connectivity index (χ0n) is 7.87. The molecule has 0 amide bonds. The van der Waals surface area contributed by atoms with E-state index in [0.29, 0.717) is 18.7 Å². The number of nitrogens with zero attached hydrogens (tertiary/aromatic N) is 3. The highest BCUT2D eigenvalue weighted by atomic mass is 79.9. The van der Waals surface area contributed by atoms with Crippen LogP contribution in [0.5, 0.6) is 0 Å². The molecule has 0 aliphatic heterocycles. The Hall–Kier alpha value is -1.28. The second-order valence-corrected chi connectivity index (χ2v) is 3.76. The fourth-order valence-corrected chi connectivity index (χ4v) is 1.72. The number of nitriles is 1. The van der Waals surface area contributed by atoms with Crippen molar-refractivity contribution in [3.05, 3.63) is 16.7 Å². The van der Waals surface area contributed by atoms with E-state index in [1.807, 2.05) is 11.9 Å². The van der Waals surface area contributed by atoms with Gasteiger partial charge in [-0.1, -0.05) is 0 Å². The third-order valence-corrected chi connectivity index (χ3v) is 2.35. The van der Waals surface area contributed by atoms with Gasteiger partial charge < -0.3 is 10.6 Å². The molecule has 14 heavy (non-hydrogen) atoms. The molecule has 0 atom stereocenters. The topological polar surface area (TPSA) is 65.9 Å². The fourth-order valence-electron chi connectivity index (χ4n) is 1.05. The summed E-state index contributed by atoms with van der Waals surface area (Å²) in [4.78, 5) is 6.08. The number of nitrogens with two attached hydrogens (primary N) is 1. The van der Waals surface area contributed by atoms with Crippen LogP contribution in [0.15, 0.2) is 16.7 Å². The van der Waals surface area contributed by atoms with Crippen LogP contribution in [-0.2, 0) is 0 Å². The van der Waals surface area contributed by atoms with Crippen molar-refractivity contribution in [1.82, 2.24) is 4.98 Å². The van der Waals surface area contributed by atoms with Crippen molar-refractivity contribution in [3.63, 3.8) is 0 Å². The van der Waals surface area contributed by atoms with Crippen molar-refractivity contribution in [3.8, 4) is 6.07 Å². The van der Waals surface area contributed by atoms with Crippen LogP contribution in [0.2, 0.25) is 0 Å². The smallest absolute Gasteiger partial charge is 0.142 e. The Morgan fingerprint density at radius 1 is 1.71 bits per heavy atom. The maximum Gasteiger partial charge on any atom is 0.142 e. The molecular weight excluding hydrogens is 244 g/mol. The van der Waals surface area contributed by atoms with Gasteiger partial charge in [0.1, 0.15) is 5.82 Å². The summed E-state index contributed by atoms with van der Waals surface area (Å²) in [6.07, 6.45) is 2.08. The molecule has 4 nitrogen and oxygen atoms in total. The van der Waals surface area contributed by atoms with Gasteiger partial charge in [-0.3, -0.25) is 0 Å². The van der Waals surface area contributed by atoms with Gasteiger partial charge in [-0.15, -0.1) is 0 Å². The maximum absolute atomic E-state index is 8.45. The summed E-state index contributed by atoms with van der Waals surface area (Å²) < 4.78 is 0.845. The second-order valence-electron chi connectivity index (χ2n) is 2.90. The van der Waals surface area contributed by atoms with Crippen LogP contribution in [-0.4, -0.2) is 18.6 Å². The molecule has 0 saturated heterocycles. The van der Waals surface area contributed by atoms with Crippen molar-refractivity contribution in [2.75, 3.05) is 24.2 Å². The highest BCUT2D eigenvalue weighted by Gasteiger charge is 2.06. The molecule has 1 aromatic heterocycles. The Morgan fingerprint density at radius 2 is 2.43 bits per heavy atom. The van der Waals surface area contributed by atoms with Crippen molar-refractivity contribution < 1.29 is 0 Å². The average Bonchev–Trinajstić information content (AvgIpc) is 2.14. The van der Waals surface area contributed by atoms with Crippen LogP contribution in [0.4, 0.5) is 11.5 Å². The zero-order valence-corrected chi connectivity index (χ0v) is 9.45. The number of aromatic nitrogens is 1. The molecule has 0 unspecified atom stereocenters. The highest BCUT2D eigenvalue weighted by molar-refractivity contribution is 9.10. The monoisotopic (exact) mass is 254 g/mol. The Morgan fingerprint density at radius 3 is 3.00 bits per heavy atom. The standard InChI is InChI=1S/C9H11BrN4/c1-14(4-2-3-11)9-8(10)5-7(12)6-13-9/h5-6H,2,4,12H2,1H3. The van der Waals surface area contributed by atoms with E-state index >= 15 is 0 Å². The van der Waals surface area contributed by atoms with Gasteiger partial charge in [-0.05, 0) is 22.0 Å². The lowest BCUT2D eigenvalue weighted by Gasteiger charge is -2.17. The largest absolute Gasteiger partial charge is 0.397 e. The number of nitrogen functional groups attached to an aromatic ring is 1. The van der Waals surface area contributed by atoms with Gasteiger partial charge in [0.25, 0.3) is 0 Å². The van der Waals surface area contributed by atoms with E-state index in [-0.39, 0.29) is 0 Å². The van der Waals surface area contributed by atoms with E-state index in [1.54, 1.807) is 12.3 Å². The number of rotatable bonds is 3. The van der Waals surface area contributed by atoms with Crippen molar-refractivity contribution >= 4 is 27.4 Å². The Labute approximate surface area is 91.5 Å². The molecule has 2 N–H and O–H groups in total. The summed E-state index contributed by atoms with van der Waals surface area (Å²) in [6.45, 7) is 0.659. The molecule has 74 valence electrons. The SMILES string of the molecule is CN(CCC#N)c1ncc(N)cc1Br. The molecule has 0 aromatic carbocycles. The molecule has 0 saturated carbocycles. The Balaban J connectivity index is 2.80. The molecule has 0 aliphatic rings. The predicted octanol–water partition coefficient (Wildman–Crippen LogP) is 1.78. The minimum absolute atomic E-state index is 0.481. The highest BCUT2D eigenvalue weighted by Crippen LogP contribution is 2.24. The minimum Gasteiger partial charge on any atom is -0.397 e. The number of hydrogen-bond donors (Lipinski definition) is 1. The molecule has 0 aliphatic carbocycles. The first-order valence-corrected chi connectivity index (χ1v) is 4.93. The summed E-state index contributed by atoms with van der Waals surface area (Å²) in [5.74, 6) is 0.800. The van der Waals surface area contributed by atoms with Crippen LogP contribution in [0.25, 0.3) is 0 Å². The number of halogens is 1. The summed E-state index contributed by atoms with van der Waals surface area (Å²) in [5, 5.41) is 8.45. The number of pyridine rings is 1. The molecule has 1 aromatic rings. The molecule has 0 radical (unpaired) electrons. The lowest BCUT2D eigenvalue weighted by atomic mass is 10.3. The van der Waals surface area contributed by atoms with Gasteiger partial charge in [0.15, 0.2) is 0 Å². The third-order valence-electron chi connectivity index (χ3n) is 1.76. The zero-order chi connectivity index (χ0) is 10.6. The molecular formula is C9H11BrN4. The van der Waals surface area contributed by atoms with Gasteiger partial charge in [-0.2, -0.15) is 5.26 Å².